The predicted octanol–water partition coefficient (Wildman–Crippen LogP) is 2.01. The summed E-state index contributed by atoms with van der Waals surface area (Å²) in [6, 6.07) is 5.36. The third-order valence-electron chi connectivity index (χ3n) is 2.14. The maximum absolute atomic E-state index is 10.8. The van der Waals surface area contributed by atoms with Crippen LogP contribution in [0.1, 0.15) is 12.0 Å². The van der Waals surface area contributed by atoms with Gasteiger partial charge in [-0.15, -0.1) is 0 Å². The molecular weight excluding hydrogens is 290 g/mol. The van der Waals surface area contributed by atoms with Crippen LogP contribution < -0.4 is 5.32 Å². The molecule has 1 aromatic carbocycles. The number of phenols is 1. The zero-order valence-corrected chi connectivity index (χ0v) is 11.6. The maximum Gasteiger partial charge on any atom is 0.120 e. The van der Waals surface area contributed by atoms with Gasteiger partial charge in [0, 0.05) is 39.4 Å². The van der Waals surface area contributed by atoms with Crippen molar-refractivity contribution in [2.45, 2.75) is 13.0 Å². The predicted molar refractivity (Wildman–Crippen MR) is 71.1 cm³/mol. The number of hydrogen-bond acceptors (Lipinski definition) is 3. The Hall–Kier alpha value is -0.390. The summed E-state index contributed by atoms with van der Waals surface area (Å²) in [6.07, 6.45) is 2.60. The van der Waals surface area contributed by atoms with E-state index in [0.717, 1.165) is 28.8 Å². The fraction of sp³-hybridized carbons (Fsp3) is 0.455. The van der Waals surface area contributed by atoms with E-state index in [-0.39, 0.29) is 0 Å². The molecule has 0 aliphatic rings. The lowest BCUT2D eigenvalue weighted by atomic mass is 10.2. The number of aromatic hydroxyl groups is 1. The third-order valence-corrected chi connectivity index (χ3v) is 3.50. The summed E-state index contributed by atoms with van der Waals surface area (Å²) in [5.41, 5.74) is 0.868. The van der Waals surface area contributed by atoms with Crippen LogP contribution in [-0.4, -0.2) is 27.9 Å². The van der Waals surface area contributed by atoms with Crippen LogP contribution in [-0.2, 0) is 17.3 Å². The molecule has 0 fully saturated rings. The van der Waals surface area contributed by atoms with E-state index < -0.39 is 10.8 Å². The normalized spacial score (nSPS) is 12.6. The van der Waals surface area contributed by atoms with Crippen molar-refractivity contribution in [3.8, 4) is 5.75 Å². The Morgan fingerprint density at radius 3 is 2.94 bits per heavy atom. The van der Waals surface area contributed by atoms with E-state index in [2.05, 4.69) is 21.2 Å². The summed E-state index contributed by atoms with van der Waals surface area (Å²) in [5.74, 6) is 1.02. The average molecular weight is 306 g/mol. The monoisotopic (exact) mass is 305 g/mol. The molecule has 0 spiro atoms. The van der Waals surface area contributed by atoms with Gasteiger partial charge >= 0.3 is 0 Å². The lowest BCUT2D eigenvalue weighted by Crippen LogP contribution is -2.16. The number of halogens is 1. The minimum Gasteiger partial charge on any atom is -0.508 e. The van der Waals surface area contributed by atoms with Crippen molar-refractivity contribution in [3.05, 3.63) is 28.2 Å². The zero-order valence-electron chi connectivity index (χ0n) is 9.20. The van der Waals surface area contributed by atoms with Gasteiger partial charge < -0.3 is 10.4 Å². The minimum atomic E-state index is -0.718. The third kappa shape index (κ3) is 5.09. The van der Waals surface area contributed by atoms with E-state index in [9.17, 15) is 9.32 Å². The molecule has 0 heterocycles. The molecule has 1 rings (SSSR count). The first-order valence-corrected chi connectivity index (χ1v) is 7.60. The summed E-state index contributed by atoms with van der Waals surface area (Å²) in [7, 11) is -0.718. The standard InChI is InChI=1S/C11H16BrNO2S/c1-16(15)6-2-5-13-8-9-7-10(12)3-4-11(9)14/h3-4,7,13-14H,2,5-6,8H2,1H3. The SMILES string of the molecule is CS(=O)CCCNCc1cc(Br)ccc1O. The molecule has 0 saturated carbocycles. The van der Waals surface area contributed by atoms with Crippen molar-refractivity contribution < 1.29 is 9.32 Å². The smallest absolute Gasteiger partial charge is 0.120 e. The molecule has 5 heteroatoms. The molecule has 3 nitrogen and oxygen atoms in total. The van der Waals surface area contributed by atoms with Gasteiger partial charge in [0.25, 0.3) is 0 Å². The number of phenolic OH excluding ortho intramolecular Hbond substituents is 1. The minimum absolute atomic E-state index is 0.301. The Bertz CT molecular complexity index is 371. The Balaban J connectivity index is 2.31. The van der Waals surface area contributed by atoms with Gasteiger partial charge in [-0.1, -0.05) is 15.9 Å². The fourth-order valence-electron chi connectivity index (χ4n) is 1.32. The molecule has 0 aromatic heterocycles. The maximum atomic E-state index is 10.8. The molecular formula is C11H16BrNO2S. The Morgan fingerprint density at radius 2 is 2.25 bits per heavy atom. The second-order valence-electron chi connectivity index (χ2n) is 3.58. The number of rotatable bonds is 6. The summed E-state index contributed by atoms with van der Waals surface area (Å²) in [5, 5.41) is 12.8. The van der Waals surface area contributed by atoms with Gasteiger partial charge in [-0.3, -0.25) is 4.21 Å². The number of nitrogens with one attached hydrogen (secondary N) is 1. The van der Waals surface area contributed by atoms with E-state index in [0.29, 0.717) is 12.3 Å². The Kier molecular flexibility index (Phi) is 6.01. The van der Waals surface area contributed by atoms with Gasteiger partial charge in [0.05, 0.1) is 0 Å². The molecule has 90 valence electrons. The topological polar surface area (TPSA) is 49.3 Å². The molecule has 0 aliphatic heterocycles. The quantitative estimate of drug-likeness (QED) is 0.791. The molecule has 0 aliphatic carbocycles. The van der Waals surface area contributed by atoms with Crippen molar-refractivity contribution in [2.24, 2.45) is 0 Å². The second-order valence-corrected chi connectivity index (χ2v) is 6.05. The van der Waals surface area contributed by atoms with Crippen molar-refractivity contribution >= 4 is 26.7 Å². The van der Waals surface area contributed by atoms with Gasteiger partial charge in [-0.2, -0.15) is 0 Å². The van der Waals surface area contributed by atoms with Crippen LogP contribution in [0, 0.1) is 0 Å². The molecule has 2 N–H and O–H groups in total. The molecule has 0 bridgehead atoms. The summed E-state index contributed by atoms with van der Waals surface area (Å²) in [4.78, 5) is 0. The highest BCUT2D eigenvalue weighted by atomic mass is 79.9. The van der Waals surface area contributed by atoms with E-state index in [1.54, 1.807) is 18.4 Å². The summed E-state index contributed by atoms with van der Waals surface area (Å²) < 4.78 is 11.8. The van der Waals surface area contributed by atoms with Gasteiger partial charge in [0.15, 0.2) is 0 Å². The molecule has 16 heavy (non-hydrogen) atoms. The lowest BCUT2D eigenvalue weighted by molar-refractivity contribution is 0.464. The first kappa shape index (κ1) is 13.7. The van der Waals surface area contributed by atoms with Gasteiger partial charge in [-0.25, -0.2) is 0 Å². The van der Waals surface area contributed by atoms with Crippen molar-refractivity contribution in [2.75, 3.05) is 18.6 Å². The van der Waals surface area contributed by atoms with Crippen LogP contribution in [0.25, 0.3) is 0 Å². The van der Waals surface area contributed by atoms with Gasteiger partial charge in [0.1, 0.15) is 5.75 Å². The van der Waals surface area contributed by atoms with Crippen LogP contribution in [0.4, 0.5) is 0 Å². The van der Waals surface area contributed by atoms with Crippen LogP contribution in [0.15, 0.2) is 22.7 Å². The lowest BCUT2D eigenvalue weighted by Gasteiger charge is -2.06. The largest absolute Gasteiger partial charge is 0.508 e. The Morgan fingerprint density at radius 1 is 1.50 bits per heavy atom. The average Bonchev–Trinajstić information content (AvgIpc) is 2.22. The van der Waals surface area contributed by atoms with Crippen molar-refractivity contribution in [3.63, 3.8) is 0 Å². The van der Waals surface area contributed by atoms with E-state index in [1.165, 1.54) is 0 Å². The van der Waals surface area contributed by atoms with Crippen LogP contribution in [0.3, 0.4) is 0 Å². The molecule has 1 aromatic rings. The van der Waals surface area contributed by atoms with Gasteiger partial charge in [-0.05, 0) is 31.2 Å². The first-order chi connectivity index (χ1) is 7.59. The highest BCUT2D eigenvalue weighted by molar-refractivity contribution is 9.10. The van der Waals surface area contributed by atoms with Crippen molar-refractivity contribution in [1.82, 2.24) is 5.32 Å². The first-order valence-electron chi connectivity index (χ1n) is 5.07. The second kappa shape index (κ2) is 7.04. The summed E-state index contributed by atoms with van der Waals surface area (Å²) >= 11 is 3.36. The van der Waals surface area contributed by atoms with E-state index in [1.807, 2.05) is 6.07 Å². The Labute approximate surface area is 107 Å². The molecule has 1 atom stereocenters. The fourth-order valence-corrected chi connectivity index (χ4v) is 2.28. The number of hydrogen-bond donors (Lipinski definition) is 2. The number of benzene rings is 1. The van der Waals surface area contributed by atoms with Gasteiger partial charge in [0.2, 0.25) is 0 Å². The zero-order chi connectivity index (χ0) is 12.0. The highest BCUT2D eigenvalue weighted by Crippen LogP contribution is 2.21. The highest BCUT2D eigenvalue weighted by Gasteiger charge is 2.01. The molecule has 0 saturated heterocycles. The van der Waals surface area contributed by atoms with E-state index in [4.69, 9.17) is 0 Å². The van der Waals surface area contributed by atoms with E-state index >= 15 is 0 Å². The van der Waals surface area contributed by atoms with Crippen LogP contribution in [0.5, 0.6) is 5.75 Å². The molecule has 0 radical (unpaired) electrons. The van der Waals surface area contributed by atoms with Crippen LogP contribution >= 0.6 is 15.9 Å². The van der Waals surface area contributed by atoms with Crippen LogP contribution in [0.2, 0.25) is 0 Å². The summed E-state index contributed by atoms with van der Waals surface area (Å²) in [6.45, 7) is 1.44. The molecule has 1 unspecified atom stereocenters. The van der Waals surface area contributed by atoms with Crippen molar-refractivity contribution in [1.29, 1.82) is 0 Å². The molecule has 0 amide bonds.